The van der Waals surface area contributed by atoms with Crippen LogP contribution in [0.3, 0.4) is 0 Å². The quantitative estimate of drug-likeness (QED) is 0.593. The van der Waals surface area contributed by atoms with Crippen molar-refractivity contribution in [3.63, 3.8) is 0 Å². The molecule has 0 bridgehead atoms. The zero-order valence-corrected chi connectivity index (χ0v) is 13.7. The molecule has 0 aliphatic heterocycles. The predicted molar refractivity (Wildman–Crippen MR) is 93.9 cm³/mol. The van der Waals surface area contributed by atoms with E-state index in [1.54, 1.807) is 16.8 Å². The van der Waals surface area contributed by atoms with Gasteiger partial charge in [0.25, 0.3) is 5.56 Å². The van der Waals surface area contributed by atoms with Crippen molar-refractivity contribution in [1.82, 2.24) is 19.7 Å². The Bertz CT molecular complexity index is 1210. The maximum atomic E-state index is 14.1. The molecule has 124 valence electrons. The molecule has 0 spiro atoms. The van der Waals surface area contributed by atoms with Crippen LogP contribution in [0.15, 0.2) is 41.5 Å². The molecule has 0 saturated heterocycles. The standard InChI is InChI=1S/C18H12ClFN4O/c19-12-7-15-10(6-13(12)20)11-8-22-23-17(11)18(25)24(15)14-2-1-5-21-16(14)9-3-4-9/h1-2,5-9H,3-4H2,(H,22,23). The lowest BCUT2D eigenvalue weighted by Gasteiger charge is -2.15. The van der Waals surface area contributed by atoms with Gasteiger partial charge >= 0.3 is 0 Å². The Morgan fingerprint density at radius 2 is 2.12 bits per heavy atom. The molecule has 0 unspecified atom stereocenters. The van der Waals surface area contributed by atoms with Crippen LogP contribution in [-0.4, -0.2) is 19.7 Å². The van der Waals surface area contributed by atoms with Gasteiger partial charge in [0.05, 0.1) is 28.1 Å². The van der Waals surface area contributed by atoms with Crippen LogP contribution in [0.2, 0.25) is 5.02 Å². The molecule has 5 nitrogen and oxygen atoms in total. The van der Waals surface area contributed by atoms with Gasteiger partial charge in [0.1, 0.15) is 11.3 Å². The lowest BCUT2D eigenvalue weighted by Crippen LogP contribution is -2.21. The first-order chi connectivity index (χ1) is 12.1. The smallest absolute Gasteiger partial charge is 0.273 e. The summed E-state index contributed by atoms with van der Waals surface area (Å²) in [4.78, 5) is 17.6. The number of nitrogens with zero attached hydrogens (tertiary/aromatic N) is 3. The zero-order valence-electron chi connectivity index (χ0n) is 13.0. The first-order valence-corrected chi connectivity index (χ1v) is 8.35. The summed E-state index contributed by atoms with van der Waals surface area (Å²) in [6.07, 6.45) is 5.37. The molecular weight excluding hydrogens is 343 g/mol. The van der Waals surface area contributed by atoms with Crippen LogP contribution in [0.4, 0.5) is 4.39 Å². The fraction of sp³-hybridized carbons (Fsp3) is 0.167. The topological polar surface area (TPSA) is 63.6 Å². The van der Waals surface area contributed by atoms with Crippen LogP contribution < -0.4 is 5.56 Å². The molecule has 0 atom stereocenters. The second-order valence-corrected chi connectivity index (χ2v) is 6.67. The summed E-state index contributed by atoms with van der Waals surface area (Å²) in [7, 11) is 0. The minimum atomic E-state index is -0.532. The van der Waals surface area contributed by atoms with E-state index >= 15 is 0 Å². The zero-order chi connectivity index (χ0) is 17.1. The van der Waals surface area contributed by atoms with E-state index in [9.17, 15) is 9.18 Å². The SMILES string of the molecule is O=c1c2[nH]ncc2c2cc(F)c(Cl)cc2n1-c1cccnc1C1CC1. The molecule has 0 amide bonds. The van der Waals surface area contributed by atoms with Gasteiger partial charge < -0.3 is 0 Å². The van der Waals surface area contributed by atoms with Crippen molar-refractivity contribution >= 4 is 33.4 Å². The van der Waals surface area contributed by atoms with Crippen molar-refractivity contribution in [2.45, 2.75) is 18.8 Å². The molecule has 7 heteroatoms. The highest BCUT2D eigenvalue weighted by atomic mass is 35.5. The van der Waals surface area contributed by atoms with Gasteiger partial charge in [-0.3, -0.25) is 19.4 Å². The van der Waals surface area contributed by atoms with Gasteiger partial charge in [-0.2, -0.15) is 5.10 Å². The molecule has 1 fully saturated rings. The third kappa shape index (κ3) is 2.10. The largest absolute Gasteiger partial charge is 0.281 e. The van der Waals surface area contributed by atoms with Gasteiger partial charge in [-0.05, 0) is 37.1 Å². The van der Waals surface area contributed by atoms with Gasteiger partial charge in [-0.25, -0.2) is 4.39 Å². The number of H-pyrrole nitrogens is 1. The van der Waals surface area contributed by atoms with E-state index in [0.717, 1.165) is 18.5 Å². The van der Waals surface area contributed by atoms with Crippen molar-refractivity contribution in [2.75, 3.05) is 0 Å². The number of nitrogens with one attached hydrogen (secondary N) is 1. The van der Waals surface area contributed by atoms with Crippen molar-refractivity contribution in [2.24, 2.45) is 0 Å². The average molecular weight is 355 g/mol. The summed E-state index contributed by atoms with van der Waals surface area (Å²) in [5.41, 5.74) is 2.21. The Labute approximate surface area is 146 Å². The summed E-state index contributed by atoms with van der Waals surface area (Å²) in [6.45, 7) is 0. The fourth-order valence-corrected chi connectivity index (χ4v) is 3.48. The Balaban J connectivity index is 1.99. The number of pyridine rings is 2. The Morgan fingerprint density at radius 1 is 1.28 bits per heavy atom. The van der Waals surface area contributed by atoms with Gasteiger partial charge in [0.2, 0.25) is 0 Å². The second-order valence-electron chi connectivity index (χ2n) is 6.26. The molecule has 1 aromatic carbocycles. The Hall–Kier alpha value is -2.73. The van der Waals surface area contributed by atoms with Gasteiger partial charge in [0, 0.05) is 22.9 Å². The van der Waals surface area contributed by atoms with E-state index < -0.39 is 5.82 Å². The van der Waals surface area contributed by atoms with Crippen LogP contribution in [0.5, 0.6) is 0 Å². The number of fused-ring (bicyclic) bond motifs is 3. The first-order valence-electron chi connectivity index (χ1n) is 7.97. The summed E-state index contributed by atoms with van der Waals surface area (Å²) < 4.78 is 15.6. The number of halogens is 2. The van der Waals surface area contributed by atoms with E-state index in [0.29, 0.717) is 33.4 Å². The third-order valence-corrected chi connectivity index (χ3v) is 4.94. The van der Waals surface area contributed by atoms with Crippen molar-refractivity contribution < 1.29 is 4.39 Å². The van der Waals surface area contributed by atoms with E-state index in [1.165, 1.54) is 18.3 Å². The molecule has 25 heavy (non-hydrogen) atoms. The molecule has 1 aliphatic rings. The highest BCUT2D eigenvalue weighted by Crippen LogP contribution is 2.42. The molecule has 0 radical (unpaired) electrons. The molecule has 3 heterocycles. The maximum Gasteiger partial charge on any atom is 0.281 e. The van der Waals surface area contributed by atoms with Gasteiger partial charge in [-0.15, -0.1) is 0 Å². The lowest BCUT2D eigenvalue weighted by atomic mass is 10.1. The first kappa shape index (κ1) is 14.6. The summed E-state index contributed by atoms with van der Waals surface area (Å²) in [6, 6.07) is 6.49. The van der Waals surface area contributed by atoms with E-state index in [-0.39, 0.29) is 10.6 Å². The molecule has 1 N–H and O–H groups in total. The summed E-state index contributed by atoms with van der Waals surface area (Å²) >= 11 is 6.01. The van der Waals surface area contributed by atoms with Crippen LogP contribution in [-0.2, 0) is 0 Å². The van der Waals surface area contributed by atoms with E-state index in [4.69, 9.17) is 11.6 Å². The number of aromatic nitrogens is 4. The number of benzene rings is 1. The average Bonchev–Trinajstić information content (AvgIpc) is 3.33. The van der Waals surface area contributed by atoms with E-state index in [1.807, 2.05) is 6.07 Å². The molecule has 1 saturated carbocycles. The number of hydrogen-bond donors (Lipinski definition) is 1. The third-order valence-electron chi connectivity index (χ3n) is 4.65. The summed E-state index contributed by atoms with van der Waals surface area (Å²) in [5.74, 6) is -0.179. The second kappa shape index (κ2) is 5.13. The minimum absolute atomic E-state index is 0.0274. The highest BCUT2D eigenvalue weighted by Gasteiger charge is 2.29. The minimum Gasteiger partial charge on any atom is -0.273 e. The molecular formula is C18H12ClFN4O. The fourth-order valence-electron chi connectivity index (χ4n) is 3.32. The predicted octanol–water partition coefficient (Wildman–Crippen LogP) is 3.93. The molecule has 5 rings (SSSR count). The van der Waals surface area contributed by atoms with Gasteiger partial charge in [0.15, 0.2) is 0 Å². The van der Waals surface area contributed by atoms with Crippen LogP contribution in [0.1, 0.15) is 24.5 Å². The number of rotatable bonds is 2. The molecule has 4 aromatic rings. The van der Waals surface area contributed by atoms with Crippen molar-refractivity contribution in [1.29, 1.82) is 0 Å². The Morgan fingerprint density at radius 3 is 2.92 bits per heavy atom. The van der Waals surface area contributed by atoms with Crippen molar-refractivity contribution in [3.05, 3.63) is 63.5 Å². The van der Waals surface area contributed by atoms with Crippen LogP contribution >= 0.6 is 11.6 Å². The molecule has 3 aromatic heterocycles. The number of aromatic amines is 1. The molecule has 1 aliphatic carbocycles. The van der Waals surface area contributed by atoms with Crippen molar-refractivity contribution in [3.8, 4) is 5.69 Å². The highest BCUT2D eigenvalue weighted by molar-refractivity contribution is 6.31. The van der Waals surface area contributed by atoms with Crippen LogP contribution in [0, 0.1) is 5.82 Å². The van der Waals surface area contributed by atoms with E-state index in [2.05, 4.69) is 15.2 Å². The monoisotopic (exact) mass is 354 g/mol. The lowest BCUT2D eigenvalue weighted by molar-refractivity contribution is 0.630. The van der Waals surface area contributed by atoms with Gasteiger partial charge in [-0.1, -0.05) is 11.6 Å². The van der Waals surface area contributed by atoms with Crippen LogP contribution in [0.25, 0.3) is 27.5 Å². The summed E-state index contributed by atoms with van der Waals surface area (Å²) in [5, 5.41) is 7.81. The normalized spacial score (nSPS) is 14.5. The Kier molecular flexibility index (Phi) is 3.00. The number of hydrogen-bond acceptors (Lipinski definition) is 3. The maximum absolute atomic E-state index is 14.1.